The van der Waals surface area contributed by atoms with Crippen molar-refractivity contribution in [3.05, 3.63) is 47.3 Å². The first-order chi connectivity index (χ1) is 11.5. The Morgan fingerprint density at radius 1 is 1.08 bits per heavy atom. The van der Waals surface area contributed by atoms with Crippen LogP contribution in [0.25, 0.3) is 0 Å². The molecule has 1 amide bonds. The number of hydrogen-bond acceptors (Lipinski definition) is 4. The number of hydrogen-bond donors (Lipinski definition) is 2. The van der Waals surface area contributed by atoms with E-state index in [0.29, 0.717) is 5.69 Å². The highest BCUT2D eigenvalue weighted by Gasteiger charge is 2.33. The number of nitrogens with one attached hydrogen (secondary N) is 2. The van der Waals surface area contributed by atoms with Crippen molar-refractivity contribution in [3.8, 4) is 0 Å². The summed E-state index contributed by atoms with van der Waals surface area (Å²) in [7, 11) is 0. The molecule has 0 spiro atoms. The highest BCUT2D eigenvalue weighted by molar-refractivity contribution is 6.03. The first-order valence-electron chi connectivity index (χ1n) is 7.57. The van der Waals surface area contributed by atoms with Crippen LogP contribution in [-0.2, 0) is 6.18 Å². The Kier molecular flexibility index (Phi) is 5.01. The standard InChI is InChI=1S/C17H19F3N4O/c1-10-9-13(23-15(21-10)24-16(2,3)4)14(25)22-12-8-6-5-7-11(12)17(18,19)20/h5-9H,1-4H3,(H,22,25)(H,21,23,24). The monoisotopic (exact) mass is 352 g/mol. The summed E-state index contributed by atoms with van der Waals surface area (Å²) >= 11 is 0. The molecular weight excluding hydrogens is 333 g/mol. The van der Waals surface area contributed by atoms with E-state index in [0.717, 1.165) is 6.07 Å². The predicted molar refractivity (Wildman–Crippen MR) is 89.5 cm³/mol. The zero-order chi connectivity index (χ0) is 18.8. The Morgan fingerprint density at radius 2 is 1.72 bits per heavy atom. The van der Waals surface area contributed by atoms with E-state index >= 15 is 0 Å². The molecule has 2 aromatic rings. The summed E-state index contributed by atoms with van der Waals surface area (Å²) < 4.78 is 39.1. The second-order valence-electron chi connectivity index (χ2n) is 6.59. The quantitative estimate of drug-likeness (QED) is 0.866. The van der Waals surface area contributed by atoms with E-state index in [1.165, 1.54) is 24.3 Å². The van der Waals surface area contributed by atoms with Crippen LogP contribution in [0.5, 0.6) is 0 Å². The van der Waals surface area contributed by atoms with Crippen molar-refractivity contribution < 1.29 is 18.0 Å². The van der Waals surface area contributed by atoms with E-state index in [4.69, 9.17) is 0 Å². The van der Waals surface area contributed by atoms with Crippen LogP contribution >= 0.6 is 0 Å². The van der Waals surface area contributed by atoms with Gasteiger partial charge in [0.15, 0.2) is 0 Å². The summed E-state index contributed by atoms with van der Waals surface area (Å²) in [4.78, 5) is 20.6. The van der Waals surface area contributed by atoms with Gasteiger partial charge in [-0.25, -0.2) is 9.97 Å². The zero-order valence-corrected chi connectivity index (χ0v) is 14.3. The van der Waals surface area contributed by atoms with Gasteiger partial charge in [0.1, 0.15) is 5.69 Å². The van der Waals surface area contributed by atoms with Gasteiger partial charge < -0.3 is 10.6 Å². The van der Waals surface area contributed by atoms with Gasteiger partial charge in [0.25, 0.3) is 5.91 Å². The van der Waals surface area contributed by atoms with Gasteiger partial charge in [-0.1, -0.05) is 12.1 Å². The average Bonchev–Trinajstić information content (AvgIpc) is 2.44. The molecule has 0 aliphatic carbocycles. The van der Waals surface area contributed by atoms with Gasteiger partial charge in [-0.3, -0.25) is 4.79 Å². The lowest BCUT2D eigenvalue weighted by Gasteiger charge is -2.21. The number of amides is 1. The van der Waals surface area contributed by atoms with Gasteiger partial charge in [-0.05, 0) is 45.9 Å². The van der Waals surface area contributed by atoms with Gasteiger partial charge in [-0.2, -0.15) is 13.2 Å². The lowest BCUT2D eigenvalue weighted by molar-refractivity contribution is -0.136. The Hall–Kier alpha value is -2.64. The molecule has 25 heavy (non-hydrogen) atoms. The second-order valence-corrected chi connectivity index (χ2v) is 6.59. The van der Waals surface area contributed by atoms with Crippen LogP contribution < -0.4 is 10.6 Å². The normalized spacial score (nSPS) is 12.0. The minimum atomic E-state index is -4.57. The number of halogens is 3. The molecule has 8 heteroatoms. The maximum Gasteiger partial charge on any atom is 0.418 e. The molecule has 1 aromatic carbocycles. The third-order valence-corrected chi connectivity index (χ3v) is 3.05. The number of aryl methyl sites for hydroxylation is 1. The maximum absolute atomic E-state index is 13.0. The topological polar surface area (TPSA) is 66.9 Å². The SMILES string of the molecule is Cc1cc(C(=O)Nc2ccccc2C(F)(F)F)nc(NC(C)(C)C)n1. The van der Waals surface area contributed by atoms with Gasteiger partial charge in [0.05, 0.1) is 11.3 Å². The van der Waals surface area contributed by atoms with Gasteiger partial charge in [-0.15, -0.1) is 0 Å². The summed E-state index contributed by atoms with van der Waals surface area (Å²) in [6.07, 6.45) is -4.57. The van der Waals surface area contributed by atoms with Crippen LogP contribution in [0, 0.1) is 6.92 Å². The number of benzene rings is 1. The molecule has 0 atom stereocenters. The first kappa shape index (κ1) is 18.7. The second kappa shape index (κ2) is 6.70. The highest BCUT2D eigenvalue weighted by atomic mass is 19.4. The van der Waals surface area contributed by atoms with Crippen LogP contribution in [-0.4, -0.2) is 21.4 Å². The highest BCUT2D eigenvalue weighted by Crippen LogP contribution is 2.34. The fraction of sp³-hybridized carbons (Fsp3) is 0.353. The predicted octanol–water partition coefficient (Wildman–Crippen LogP) is 4.27. The Morgan fingerprint density at radius 3 is 2.32 bits per heavy atom. The van der Waals surface area contributed by atoms with Gasteiger partial charge in [0, 0.05) is 11.2 Å². The number of para-hydroxylation sites is 1. The van der Waals surface area contributed by atoms with E-state index in [1.807, 2.05) is 20.8 Å². The third-order valence-electron chi connectivity index (χ3n) is 3.05. The zero-order valence-electron chi connectivity index (χ0n) is 14.3. The van der Waals surface area contributed by atoms with Gasteiger partial charge >= 0.3 is 6.18 Å². The molecule has 1 aromatic heterocycles. The molecule has 0 aliphatic rings. The summed E-state index contributed by atoms with van der Waals surface area (Å²) in [6, 6.07) is 6.21. The minimum Gasteiger partial charge on any atom is -0.350 e. The number of carbonyl (C=O) groups excluding carboxylic acids is 1. The lowest BCUT2D eigenvalue weighted by Crippen LogP contribution is -2.28. The molecule has 0 radical (unpaired) electrons. The van der Waals surface area contributed by atoms with Crippen molar-refractivity contribution in [1.29, 1.82) is 0 Å². The molecule has 2 N–H and O–H groups in total. The molecule has 134 valence electrons. The molecule has 0 fully saturated rings. The Labute approximate surface area is 143 Å². The first-order valence-corrected chi connectivity index (χ1v) is 7.57. The minimum absolute atomic E-state index is 0.0174. The van der Waals surface area contributed by atoms with Crippen molar-refractivity contribution in [1.82, 2.24) is 9.97 Å². The summed E-state index contributed by atoms with van der Waals surface area (Å²) in [5.74, 6) is -0.499. The number of rotatable bonds is 3. The van der Waals surface area contributed by atoms with Crippen LogP contribution in [0.3, 0.4) is 0 Å². The van der Waals surface area contributed by atoms with E-state index in [-0.39, 0.29) is 22.9 Å². The van der Waals surface area contributed by atoms with Crippen molar-refractivity contribution in [2.24, 2.45) is 0 Å². The summed E-state index contributed by atoms with van der Waals surface area (Å²) in [5.41, 5.74) is -1.05. The van der Waals surface area contributed by atoms with E-state index in [2.05, 4.69) is 20.6 Å². The lowest BCUT2D eigenvalue weighted by atomic mass is 10.1. The molecule has 0 saturated carbocycles. The number of nitrogens with zero attached hydrogens (tertiary/aromatic N) is 2. The molecule has 0 aliphatic heterocycles. The van der Waals surface area contributed by atoms with Crippen LogP contribution in [0.15, 0.2) is 30.3 Å². The molecule has 0 saturated heterocycles. The van der Waals surface area contributed by atoms with Crippen molar-refractivity contribution in [2.75, 3.05) is 10.6 Å². The Bertz CT molecular complexity index is 782. The van der Waals surface area contributed by atoms with Crippen LogP contribution in [0.4, 0.5) is 24.8 Å². The molecule has 5 nitrogen and oxygen atoms in total. The smallest absolute Gasteiger partial charge is 0.350 e. The molecule has 0 unspecified atom stereocenters. The summed E-state index contributed by atoms with van der Waals surface area (Å²) in [6.45, 7) is 7.38. The summed E-state index contributed by atoms with van der Waals surface area (Å²) in [5, 5.41) is 5.31. The van der Waals surface area contributed by atoms with Crippen molar-refractivity contribution >= 4 is 17.5 Å². The third kappa shape index (κ3) is 5.17. The number of carbonyl (C=O) groups is 1. The van der Waals surface area contributed by atoms with E-state index in [9.17, 15) is 18.0 Å². The molecule has 1 heterocycles. The maximum atomic E-state index is 13.0. The van der Waals surface area contributed by atoms with Crippen molar-refractivity contribution in [2.45, 2.75) is 39.4 Å². The molecular formula is C17H19F3N4O. The van der Waals surface area contributed by atoms with Crippen LogP contribution in [0.1, 0.15) is 42.5 Å². The Balaban J connectivity index is 2.31. The van der Waals surface area contributed by atoms with E-state index in [1.54, 1.807) is 6.92 Å². The molecule has 0 bridgehead atoms. The van der Waals surface area contributed by atoms with E-state index < -0.39 is 17.6 Å². The fourth-order valence-corrected chi connectivity index (χ4v) is 2.10. The van der Waals surface area contributed by atoms with Crippen LogP contribution in [0.2, 0.25) is 0 Å². The largest absolute Gasteiger partial charge is 0.418 e. The number of anilines is 2. The number of aromatic nitrogens is 2. The van der Waals surface area contributed by atoms with Crippen molar-refractivity contribution in [3.63, 3.8) is 0 Å². The molecule has 2 rings (SSSR count). The van der Waals surface area contributed by atoms with Gasteiger partial charge in [0.2, 0.25) is 5.95 Å². The number of alkyl halides is 3. The average molecular weight is 352 g/mol. The fourth-order valence-electron chi connectivity index (χ4n) is 2.10.